The number of hydrogen-bond donors (Lipinski definition) is 6. The van der Waals surface area contributed by atoms with Crippen LogP contribution in [-0.2, 0) is 52.0 Å². The highest BCUT2D eigenvalue weighted by atomic mass is 16.7. The van der Waals surface area contributed by atoms with Gasteiger partial charge in [0.15, 0.2) is 24.1 Å². The van der Waals surface area contributed by atoms with Crippen LogP contribution in [0.25, 0.3) is 22.3 Å². The van der Waals surface area contributed by atoms with E-state index in [1.165, 1.54) is 24.8 Å². The summed E-state index contributed by atoms with van der Waals surface area (Å²) in [7, 11) is 7.02. The molecule has 0 spiro atoms. The first-order valence-corrected chi connectivity index (χ1v) is 42.7. The van der Waals surface area contributed by atoms with Gasteiger partial charge in [0.2, 0.25) is 11.8 Å². The number of ketones is 2. The van der Waals surface area contributed by atoms with E-state index in [4.69, 9.17) is 23.7 Å². The van der Waals surface area contributed by atoms with E-state index in [2.05, 4.69) is 43.5 Å². The molecule has 30 nitrogen and oxygen atoms in total. The monoisotopic (exact) mass is 1720 g/mol. The number of ether oxygens (including phenoxy) is 5. The molecule has 9 heterocycles. The van der Waals surface area contributed by atoms with Crippen molar-refractivity contribution in [3.8, 4) is 33.8 Å². The summed E-state index contributed by atoms with van der Waals surface area (Å²) in [6.45, 7) is 12.7. The second kappa shape index (κ2) is 40.2. The standard InChI is InChI=1S/C53H59N7O10.C44H45N7O6/c1-6-24-69-53(66)60-43-30-46(33(2)27-41(43)51(65)59-23-9-7-12-42(59)52(60)70-48-14-8-10-25-68-48)67-26-11-13-47(62)54-40-29-45(58(5)32-40)50(64)56-39-21-17-36(18-22-39)37-28-44(57(4)31-37)49(63)55-38-19-15-35(16-20-38)34(3)61;1-27-20-36-37(45-24-35-8-5-6-18-51(35)44(36)56)23-40(27)57-19-7-9-41(53)46-34-22-39(50(4)26-34)43(55)48-33-16-12-30(13-17-33)31-21-38(49(3)25-31)42(54)47-32-14-10-29(11-15-32)28(2)52/h6,15-22,27-32,42,48,52H,1,7-14,23-26H2,2-5H3,(H,54,62)(H,55,63)(H,56,64);10-17,20-26,35H,5-9,18-19H2,1-4H3,(H,46,53)(H,47,54)(H,48,55)/t42-,48?,52?;35-/m00/s1. The van der Waals surface area contributed by atoms with Crippen molar-refractivity contribution >= 4 is 117 Å². The van der Waals surface area contributed by atoms with E-state index in [9.17, 15) is 52.7 Å². The topological polar surface area (TPSA) is 348 Å². The first-order chi connectivity index (χ1) is 61.2. The lowest BCUT2D eigenvalue weighted by atomic mass is 10.00. The third-order valence-electron chi connectivity index (χ3n) is 23.0. The Morgan fingerprint density at radius 1 is 0.480 bits per heavy atom. The van der Waals surface area contributed by atoms with Crippen molar-refractivity contribution in [1.82, 2.24) is 28.1 Å². The Kier molecular flexibility index (Phi) is 28.1. The quantitative estimate of drug-likeness (QED) is 0.0151. The summed E-state index contributed by atoms with van der Waals surface area (Å²) >= 11 is 0. The molecule has 3 fully saturated rings. The molecule has 5 aliphatic heterocycles. The second-order valence-electron chi connectivity index (χ2n) is 32.4. The van der Waals surface area contributed by atoms with Gasteiger partial charge in [0.05, 0.1) is 59.2 Å². The van der Waals surface area contributed by atoms with E-state index in [1.54, 1.807) is 168 Å². The molecule has 15 rings (SSSR count). The number of nitrogens with one attached hydrogen (secondary N) is 6. The Balaban J connectivity index is 0.000000210. The highest BCUT2D eigenvalue weighted by Gasteiger charge is 2.47. The highest BCUT2D eigenvalue weighted by molar-refractivity contribution is 6.10. The number of aromatic nitrogens is 4. The van der Waals surface area contributed by atoms with Crippen LogP contribution in [0.3, 0.4) is 0 Å². The van der Waals surface area contributed by atoms with Crippen LogP contribution < -0.4 is 46.3 Å². The normalized spacial score (nSPS) is 16.3. The summed E-state index contributed by atoms with van der Waals surface area (Å²) in [5.41, 5.74) is 12.7. The minimum Gasteiger partial charge on any atom is -0.493 e. The number of aryl methyl sites for hydroxylation is 6. The number of rotatable bonds is 28. The summed E-state index contributed by atoms with van der Waals surface area (Å²) < 4.78 is 37.2. The number of amides is 9. The molecule has 5 aliphatic rings. The zero-order chi connectivity index (χ0) is 89.7. The molecule has 0 bridgehead atoms. The Morgan fingerprint density at radius 2 is 0.921 bits per heavy atom. The molecular formula is C97H104N14O16. The van der Waals surface area contributed by atoms with Gasteiger partial charge in [-0.3, -0.25) is 52.9 Å². The number of hydrogen-bond acceptors (Lipinski definition) is 17. The van der Waals surface area contributed by atoms with E-state index in [-0.39, 0.29) is 90.9 Å². The lowest BCUT2D eigenvalue weighted by molar-refractivity contribution is -0.198. The minimum atomic E-state index is -0.868. The van der Waals surface area contributed by atoms with E-state index in [1.807, 2.05) is 78.7 Å². The maximum Gasteiger partial charge on any atom is 0.416 e. The van der Waals surface area contributed by atoms with Gasteiger partial charge < -0.3 is 83.7 Å². The Bertz CT molecular complexity index is 5870. The molecule has 30 heteroatoms. The second-order valence-corrected chi connectivity index (χ2v) is 32.4. The Morgan fingerprint density at radius 3 is 1.40 bits per heavy atom. The third kappa shape index (κ3) is 21.4. The molecule has 0 saturated carbocycles. The number of nitrogens with zero attached hydrogens (tertiary/aromatic N) is 8. The summed E-state index contributed by atoms with van der Waals surface area (Å²) in [6.07, 6.45) is 17.3. The van der Waals surface area contributed by atoms with Crippen molar-refractivity contribution in [2.45, 2.75) is 136 Å². The zero-order valence-electron chi connectivity index (χ0n) is 72.4. The predicted molar refractivity (Wildman–Crippen MR) is 484 cm³/mol. The van der Waals surface area contributed by atoms with Gasteiger partial charge in [-0.25, -0.2) is 9.69 Å². The summed E-state index contributed by atoms with van der Waals surface area (Å²) in [4.78, 5) is 153. The molecule has 2 unspecified atom stereocenters. The van der Waals surface area contributed by atoms with Gasteiger partial charge in [-0.2, -0.15) is 0 Å². The van der Waals surface area contributed by atoms with Gasteiger partial charge in [-0.15, -0.1) is 0 Å². The molecule has 6 aromatic carbocycles. The molecule has 658 valence electrons. The van der Waals surface area contributed by atoms with Gasteiger partial charge in [-0.1, -0.05) is 36.9 Å². The maximum atomic E-state index is 14.2. The first-order valence-electron chi connectivity index (χ1n) is 42.7. The number of aliphatic imine (C=N–C) groups is 1. The van der Waals surface area contributed by atoms with Crippen LogP contribution in [0.2, 0.25) is 0 Å². The molecule has 10 aromatic rings. The molecule has 9 amide bonds. The first kappa shape index (κ1) is 89.0. The molecule has 4 atom stereocenters. The fourth-order valence-electron chi connectivity index (χ4n) is 16.2. The third-order valence-corrected chi connectivity index (χ3v) is 23.0. The van der Waals surface area contributed by atoms with Crippen molar-refractivity contribution < 1.29 is 76.4 Å². The number of carbonyl (C=O) groups is 11. The molecule has 6 N–H and O–H groups in total. The van der Waals surface area contributed by atoms with Crippen molar-refractivity contribution in [3.63, 3.8) is 0 Å². The van der Waals surface area contributed by atoms with E-state index in [0.29, 0.717) is 153 Å². The van der Waals surface area contributed by atoms with Crippen LogP contribution in [0.1, 0.15) is 192 Å². The van der Waals surface area contributed by atoms with Gasteiger partial charge in [0.25, 0.3) is 35.4 Å². The number of benzene rings is 6. The largest absolute Gasteiger partial charge is 0.493 e. The zero-order valence-corrected chi connectivity index (χ0v) is 72.4. The molecule has 0 radical (unpaired) electrons. The molecule has 0 aliphatic carbocycles. The van der Waals surface area contributed by atoms with E-state index >= 15 is 0 Å². The maximum absolute atomic E-state index is 14.2. The Labute approximate surface area is 735 Å². The predicted octanol–water partition coefficient (Wildman–Crippen LogP) is 16.4. The smallest absolute Gasteiger partial charge is 0.416 e. The van der Waals surface area contributed by atoms with E-state index in [0.717, 1.165) is 79.3 Å². The highest BCUT2D eigenvalue weighted by Crippen LogP contribution is 2.42. The fraction of sp³-hybridized carbons (Fsp3) is 0.320. The molecule has 3 saturated heterocycles. The van der Waals surface area contributed by atoms with Crippen LogP contribution in [0.15, 0.2) is 188 Å². The molecular weight excluding hydrogens is 1620 g/mol. The number of piperidine rings is 2. The summed E-state index contributed by atoms with van der Waals surface area (Å²) in [5.74, 6) is -0.984. The van der Waals surface area contributed by atoms with Crippen LogP contribution in [0, 0.1) is 13.8 Å². The summed E-state index contributed by atoms with van der Waals surface area (Å²) in [5, 5.41) is 17.3. The number of fused-ring (bicyclic) bond motifs is 4. The van der Waals surface area contributed by atoms with Crippen molar-refractivity contribution in [1.29, 1.82) is 0 Å². The number of carbonyl (C=O) groups excluding carboxylic acids is 11. The van der Waals surface area contributed by atoms with Gasteiger partial charge in [-0.05, 0) is 230 Å². The van der Waals surface area contributed by atoms with Gasteiger partial charge >= 0.3 is 6.09 Å². The van der Waals surface area contributed by atoms with Crippen molar-refractivity contribution in [3.05, 3.63) is 239 Å². The van der Waals surface area contributed by atoms with Crippen LogP contribution in [0.5, 0.6) is 11.5 Å². The molecule has 127 heavy (non-hydrogen) atoms. The average Bonchev–Trinajstić information content (AvgIpc) is 1.59. The van der Waals surface area contributed by atoms with Gasteiger partial charge in [0, 0.05) is 149 Å². The SMILES string of the molecule is C=CCOC(=O)N1c2cc(OCCCC(=O)Nc3cc(C(=O)Nc4ccc(-c5cc(C(=O)Nc6ccc(C(C)=O)cc6)n(C)c5)cc4)n(C)c3)c(C)cc2C(=O)N2CCCC[C@H]2C1OC1CCCCO1.CC(=O)c1ccc(NC(=O)c2cc(-c3ccc(NC(=O)c4cc(NC(=O)CCCOc5cc6c(cc5C)C(=O)N5CCCC[C@H]5C=N6)cn4C)cc3)cn2C)cc1. The van der Waals surface area contributed by atoms with Crippen LogP contribution in [0.4, 0.5) is 50.3 Å². The van der Waals surface area contributed by atoms with Crippen molar-refractivity contribution in [2.24, 2.45) is 33.2 Å². The van der Waals surface area contributed by atoms with Crippen LogP contribution >= 0.6 is 0 Å². The fourth-order valence-corrected chi connectivity index (χ4v) is 16.2. The van der Waals surface area contributed by atoms with Crippen molar-refractivity contribution in [2.75, 3.05) is 76.3 Å². The molecule has 4 aromatic heterocycles. The average molecular weight is 1720 g/mol. The number of Topliss-reactive ketones (excluding diaryl/α,β-unsaturated/α-hetero) is 2. The van der Waals surface area contributed by atoms with E-state index < -0.39 is 24.7 Å². The lowest BCUT2D eigenvalue weighted by Gasteiger charge is -2.42. The Hall–Kier alpha value is -14.3. The van der Waals surface area contributed by atoms with Gasteiger partial charge in [0.1, 0.15) is 40.9 Å². The lowest BCUT2D eigenvalue weighted by Crippen LogP contribution is -2.57. The summed E-state index contributed by atoms with van der Waals surface area (Å²) in [6, 6.07) is 41.5. The number of anilines is 7. The van der Waals surface area contributed by atoms with Crippen LogP contribution in [-0.4, -0.2) is 163 Å². The minimum absolute atomic E-state index is 0.00862.